The van der Waals surface area contributed by atoms with Crippen molar-refractivity contribution in [2.75, 3.05) is 13.2 Å². The molecule has 2 fully saturated rings. The van der Waals surface area contributed by atoms with Crippen molar-refractivity contribution < 1.29 is 13.9 Å². The summed E-state index contributed by atoms with van der Waals surface area (Å²) in [7, 11) is 0. The minimum Gasteiger partial charge on any atom is -0.345 e. The number of nitrogens with one attached hydrogen (secondary N) is 1. The number of H-pyrrole nitrogens is 1. The van der Waals surface area contributed by atoms with E-state index in [4.69, 9.17) is 19.4 Å². The van der Waals surface area contributed by atoms with Crippen LogP contribution in [0.3, 0.4) is 0 Å². The van der Waals surface area contributed by atoms with E-state index in [2.05, 4.69) is 23.8 Å². The summed E-state index contributed by atoms with van der Waals surface area (Å²) >= 11 is 0. The maximum absolute atomic E-state index is 13.6. The van der Waals surface area contributed by atoms with Crippen LogP contribution in [0.2, 0.25) is 0 Å². The third kappa shape index (κ3) is 4.45. The molecule has 32 heavy (non-hydrogen) atoms. The number of aromatic amines is 1. The number of benzene rings is 1. The van der Waals surface area contributed by atoms with Crippen LogP contribution in [0, 0.1) is 11.2 Å². The second-order valence-corrected chi connectivity index (χ2v) is 9.61. The van der Waals surface area contributed by atoms with Gasteiger partial charge in [-0.1, -0.05) is 33.1 Å². The van der Waals surface area contributed by atoms with Crippen molar-refractivity contribution in [3.63, 3.8) is 0 Å². The number of imidazole rings is 1. The van der Waals surface area contributed by atoms with Crippen LogP contribution in [-0.4, -0.2) is 33.1 Å². The van der Waals surface area contributed by atoms with E-state index in [1.807, 2.05) is 12.3 Å². The van der Waals surface area contributed by atoms with Gasteiger partial charge in [0.25, 0.3) is 0 Å². The molecule has 0 spiro atoms. The lowest BCUT2D eigenvalue weighted by Crippen LogP contribution is -2.34. The molecule has 1 aliphatic heterocycles. The third-order valence-corrected chi connectivity index (χ3v) is 6.21. The average Bonchev–Trinajstić information content (AvgIpc) is 3.26. The Balaban J connectivity index is 1.53. The van der Waals surface area contributed by atoms with E-state index < -0.39 is 6.29 Å². The lowest BCUT2D eigenvalue weighted by atomic mass is 9.88. The second-order valence-electron chi connectivity index (χ2n) is 9.61. The van der Waals surface area contributed by atoms with E-state index in [1.54, 1.807) is 12.1 Å². The lowest BCUT2D eigenvalue weighted by molar-refractivity contribution is -0.229. The van der Waals surface area contributed by atoms with Gasteiger partial charge in [0.05, 0.1) is 30.3 Å². The van der Waals surface area contributed by atoms with Crippen LogP contribution in [-0.2, 0) is 9.47 Å². The van der Waals surface area contributed by atoms with Gasteiger partial charge in [0, 0.05) is 23.1 Å². The molecule has 0 unspecified atom stereocenters. The Labute approximate surface area is 187 Å². The Hall–Kier alpha value is -2.64. The zero-order valence-electron chi connectivity index (χ0n) is 18.6. The van der Waals surface area contributed by atoms with Crippen LogP contribution >= 0.6 is 0 Å². The van der Waals surface area contributed by atoms with E-state index in [-0.39, 0.29) is 11.2 Å². The van der Waals surface area contributed by atoms with Crippen LogP contribution in [0.15, 0.2) is 36.5 Å². The SMILES string of the molecule is CC1(C)COC(c2nc(-c3ccc(F)cc3)c(-c3ccnc(C4CCCCC4)n3)[nH]2)OC1. The molecule has 6 nitrogen and oxygen atoms in total. The molecule has 0 radical (unpaired) electrons. The van der Waals surface area contributed by atoms with Crippen molar-refractivity contribution in [1.29, 1.82) is 0 Å². The average molecular weight is 437 g/mol. The van der Waals surface area contributed by atoms with Crippen molar-refractivity contribution in [2.24, 2.45) is 5.41 Å². The van der Waals surface area contributed by atoms with Crippen molar-refractivity contribution in [1.82, 2.24) is 19.9 Å². The third-order valence-electron chi connectivity index (χ3n) is 6.21. The molecule has 3 aromatic rings. The van der Waals surface area contributed by atoms with Crippen molar-refractivity contribution in [2.45, 2.75) is 58.2 Å². The van der Waals surface area contributed by atoms with Gasteiger partial charge in [-0.3, -0.25) is 0 Å². The van der Waals surface area contributed by atoms with Crippen molar-refractivity contribution in [3.8, 4) is 22.6 Å². The highest BCUT2D eigenvalue weighted by molar-refractivity contribution is 5.76. The first kappa shape index (κ1) is 21.2. The van der Waals surface area contributed by atoms with E-state index in [0.29, 0.717) is 30.7 Å². The maximum Gasteiger partial charge on any atom is 0.217 e. The summed E-state index contributed by atoms with van der Waals surface area (Å²) < 4.78 is 25.5. The van der Waals surface area contributed by atoms with Crippen LogP contribution < -0.4 is 0 Å². The molecular weight excluding hydrogens is 407 g/mol. The Bertz CT molecular complexity index is 1060. The number of halogens is 1. The Morgan fingerprint density at radius 2 is 1.69 bits per heavy atom. The fourth-order valence-electron chi connectivity index (χ4n) is 4.43. The number of hydrogen-bond acceptors (Lipinski definition) is 5. The van der Waals surface area contributed by atoms with Crippen LogP contribution in [0.4, 0.5) is 4.39 Å². The molecule has 2 aromatic heterocycles. The summed E-state index contributed by atoms with van der Waals surface area (Å²) in [5.74, 6) is 1.59. The highest BCUT2D eigenvalue weighted by Gasteiger charge is 2.32. The van der Waals surface area contributed by atoms with Crippen LogP contribution in [0.1, 0.15) is 69.8 Å². The Kier molecular flexibility index (Phi) is 5.78. The first-order valence-corrected chi connectivity index (χ1v) is 11.4. The number of rotatable bonds is 4. The van der Waals surface area contributed by atoms with Gasteiger partial charge in [0.1, 0.15) is 11.6 Å². The molecule has 1 aromatic carbocycles. The van der Waals surface area contributed by atoms with Crippen LogP contribution in [0.5, 0.6) is 0 Å². The molecule has 168 valence electrons. The zero-order chi connectivity index (χ0) is 22.1. The predicted molar refractivity (Wildman–Crippen MR) is 119 cm³/mol. The molecule has 0 atom stereocenters. The fraction of sp³-hybridized carbons (Fsp3) is 0.480. The molecule has 1 saturated heterocycles. The number of aromatic nitrogens is 4. The molecule has 1 N–H and O–H groups in total. The summed E-state index contributed by atoms with van der Waals surface area (Å²) in [5.41, 5.74) is 3.01. The predicted octanol–water partition coefficient (Wildman–Crippen LogP) is 5.79. The molecule has 5 rings (SSSR count). The molecule has 3 heterocycles. The standard InChI is InChI=1S/C25H29FN4O2/c1-25(2)14-31-24(32-15-25)23-29-20(16-8-10-18(26)11-9-16)21(30-23)19-12-13-27-22(28-19)17-6-4-3-5-7-17/h8-13,17,24H,3-7,14-15H2,1-2H3,(H,29,30). The Morgan fingerprint density at radius 1 is 0.969 bits per heavy atom. The highest BCUT2D eigenvalue weighted by atomic mass is 19.1. The lowest BCUT2D eigenvalue weighted by Gasteiger charge is -2.33. The van der Waals surface area contributed by atoms with Gasteiger partial charge < -0.3 is 14.5 Å². The van der Waals surface area contributed by atoms with Gasteiger partial charge >= 0.3 is 0 Å². The summed E-state index contributed by atoms with van der Waals surface area (Å²) in [4.78, 5) is 17.7. The quantitative estimate of drug-likeness (QED) is 0.560. The fourth-order valence-corrected chi connectivity index (χ4v) is 4.43. The molecule has 1 aliphatic carbocycles. The van der Waals surface area contributed by atoms with Gasteiger partial charge in [0.2, 0.25) is 6.29 Å². The molecule has 2 aliphatic rings. The molecular formula is C25H29FN4O2. The summed E-state index contributed by atoms with van der Waals surface area (Å²) in [6.07, 6.45) is 7.23. The second kappa shape index (κ2) is 8.71. The molecule has 1 saturated carbocycles. The monoisotopic (exact) mass is 436 g/mol. The minimum absolute atomic E-state index is 0.0345. The van der Waals surface area contributed by atoms with Gasteiger partial charge in [-0.25, -0.2) is 19.3 Å². The van der Waals surface area contributed by atoms with E-state index in [9.17, 15) is 4.39 Å². The van der Waals surface area contributed by atoms with E-state index >= 15 is 0 Å². The van der Waals surface area contributed by atoms with Gasteiger partial charge in [0.15, 0.2) is 5.82 Å². The van der Waals surface area contributed by atoms with Gasteiger partial charge in [-0.15, -0.1) is 0 Å². The zero-order valence-corrected chi connectivity index (χ0v) is 18.6. The molecule has 0 amide bonds. The molecule has 0 bridgehead atoms. The minimum atomic E-state index is -0.573. The summed E-state index contributed by atoms with van der Waals surface area (Å²) in [6, 6.07) is 8.23. The number of ether oxygens (including phenoxy) is 2. The topological polar surface area (TPSA) is 72.9 Å². The first-order valence-electron chi connectivity index (χ1n) is 11.4. The maximum atomic E-state index is 13.6. The summed E-state index contributed by atoms with van der Waals surface area (Å²) in [6.45, 7) is 5.38. The Morgan fingerprint density at radius 3 is 2.41 bits per heavy atom. The largest absolute Gasteiger partial charge is 0.345 e. The van der Waals surface area contributed by atoms with Gasteiger partial charge in [-0.2, -0.15) is 0 Å². The summed E-state index contributed by atoms with van der Waals surface area (Å²) in [5, 5.41) is 0. The highest BCUT2D eigenvalue weighted by Crippen LogP contribution is 2.36. The number of nitrogens with zero attached hydrogens (tertiary/aromatic N) is 3. The smallest absolute Gasteiger partial charge is 0.217 e. The molecule has 7 heteroatoms. The van der Waals surface area contributed by atoms with Crippen LogP contribution in [0.25, 0.3) is 22.6 Å². The normalized spacial score (nSPS) is 19.8. The first-order chi connectivity index (χ1) is 15.5. The van der Waals surface area contributed by atoms with Crippen molar-refractivity contribution in [3.05, 3.63) is 54.0 Å². The number of hydrogen-bond donors (Lipinski definition) is 1. The van der Waals surface area contributed by atoms with Gasteiger partial charge in [-0.05, 0) is 43.2 Å². The van der Waals surface area contributed by atoms with Crippen molar-refractivity contribution >= 4 is 0 Å². The van der Waals surface area contributed by atoms with E-state index in [0.717, 1.165) is 35.6 Å². The van der Waals surface area contributed by atoms with E-state index in [1.165, 1.54) is 31.4 Å².